The molecule has 0 aromatic heterocycles. The smallest absolute Gasteiger partial charge is 0.408 e. The maximum atomic E-state index is 14.1. The number of carbonyl (C=O) groups excluding carboxylic acids is 3. The molecule has 2 atom stereocenters. The lowest BCUT2D eigenvalue weighted by atomic mass is 9.98. The maximum Gasteiger partial charge on any atom is 0.408 e. The Bertz CT molecular complexity index is 1440. The number of nitrogens with zero attached hydrogens (tertiary/aromatic N) is 1. The van der Waals surface area contributed by atoms with Crippen LogP contribution in [-0.2, 0) is 20.7 Å². The average molecular weight is 576 g/mol. The van der Waals surface area contributed by atoms with E-state index in [1.165, 1.54) is 6.07 Å². The van der Waals surface area contributed by atoms with E-state index in [0.29, 0.717) is 16.8 Å². The topological polar surface area (TPSA) is 108 Å². The van der Waals surface area contributed by atoms with Gasteiger partial charge >= 0.3 is 6.09 Å². The van der Waals surface area contributed by atoms with Gasteiger partial charge in [-0.2, -0.15) is 0 Å². The van der Waals surface area contributed by atoms with Crippen molar-refractivity contribution in [2.75, 3.05) is 5.32 Å². The third-order valence-electron chi connectivity index (χ3n) is 6.19. The number of benzene rings is 3. The Labute approximate surface area is 245 Å². The summed E-state index contributed by atoms with van der Waals surface area (Å²) in [7, 11) is 0. The van der Waals surface area contributed by atoms with Crippen molar-refractivity contribution in [1.29, 1.82) is 0 Å². The first-order valence-electron chi connectivity index (χ1n) is 13.0. The molecule has 3 N–H and O–H groups in total. The van der Waals surface area contributed by atoms with Crippen LogP contribution in [0.2, 0.25) is 5.02 Å². The standard InChI is InChI=1S/C32H34ClN3O5/c1-7-36(30(39)25(19-22-15-9-8-10-16-22)34-31(40)41-32(4,5)6)27(23-17-11-14-21(3)28(23)37)29(38)35-26-20(2)13-12-18-24(26)33/h1,8-18,25,27,37H,19H2,2-6H3,(H,34,40)(H,35,38). The molecule has 3 rings (SSSR count). The number of alkyl carbamates (subject to hydrolysis) is 1. The molecule has 3 aromatic carbocycles. The van der Waals surface area contributed by atoms with Crippen LogP contribution in [0.4, 0.5) is 10.5 Å². The van der Waals surface area contributed by atoms with Crippen LogP contribution in [0.25, 0.3) is 0 Å². The number of hydrogen-bond acceptors (Lipinski definition) is 5. The molecule has 0 aliphatic rings. The number of terminal acetylenes is 1. The Morgan fingerprint density at radius 3 is 2.24 bits per heavy atom. The van der Waals surface area contributed by atoms with Gasteiger partial charge in [0.2, 0.25) is 0 Å². The van der Waals surface area contributed by atoms with Gasteiger partial charge in [0.05, 0.1) is 10.7 Å². The van der Waals surface area contributed by atoms with E-state index in [0.717, 1.165) is 10.5 Å². The molecule has 0 fully saturated rings. The first-order chi connectivity index (χ1) is 19.3. The fourth-order valence-electron chi connectivity index (χ4n) is 4.21. The van der Waals surface area contributed by atoms with E-state index in [1.54, 1.807) is 89.2 Å². The minimum absolute atomic E-state index is 0.0643. The molecule has 0 heterocycles. The summed E-state index contributed by atoms with van der Waals surface area (Å²) in [6, 6.07) is 18.6. The molecule has 0 saturated heterocycles. The molecule has 0 aliphatic heterocycles. The number of halogens is 1. The third kappa shape index (κ3) is 8.03. The molecule has 0 bridgehead atoms. The van der Waals surface area contributed by atoms with Crippen molar-refractivity contribution in [3.05, 3.63) is 94.0 Å². The number of nitrogens with one attached hydrogen (secondary N) is 2. The van der Waals surface area contributed by atoms with Gasteiger partial charge in [-0.3, -0.25) is 14.5 Å². The van der Waals surface area contributed by atoms with Gasteiger partial charge in [-0.25, -0.2) is 4.79 Å². The highest BCUT2D eigenvalue weighted by Gasteiger charge is 2.38. The molecule has 0 aliphatic carbocycles. The third-order valence-corrected chi connectivity index (χ3v) is 6.50. The monoisotopic (exact) mass is 575 g/mol. The minimum atomic E-state index is -1.47. The number of rotatable bonds is 8. The fourth-order valence-corrected chi connectivity index (χ4v) is 4.48. The van der Waals surface area contributed by atoms with Crippen molar-refractivity contribution < 1.29 is 24.2 Å². The summed E-state index contributed by atoms with van der Waals surface area (Å²) < 4.78 is 5.40. The molecular weight excluding hydrogens is 542 g/mol. The van der Waals surface area contributed by atoms with Crippen LogP contribution in [0.1, 0.15) is 49.1 Å². The van der Waals surface area contributed by atoms with Crippen molar-refractivity contribution in [1.82, 2.24) is 10.2 Å². The van der Waals surface area contributed by atoms with Gasteiger partial charge in [-0.05, 0) is 57.4 Å². The Kier molecular flexibility index (Phi) is 10.0. The molecule has 0 radical (unpaired) electrons. The lowest BCUT2D eigenvalue weighted by Crippen LogP contribution is -2.51. The number of ether oxygens (including phenoxy) is 1. The summed E-state index contributed by atoms with van der Waals surface area (Å²) in [5.74, 6) is -1.65. The lowest BCUT2D eigenvalue weighted by molar-refractivity contribution is -0.136. The minimum Gasteiger partial charge on any atom is -0.507 e. The van der Waals surface area contributed by atoms with Gasteiger partial charge in [0, 0.05) is 18.0 Å². The number of phenolic OH excluding ortho intramolecular Hbond substituents is 1. The number of amides is 3. The second kappa shape index (κ2) is 13.2. The van der Waals surface area contributed by atoms with E-state index in [-0.39, 0.29) is 22.8 Å². The normalized spacial score (nSPS) is 12.4. The zero-order chi connectivity index (χ0) is 30.3. The highest BCUT2D eigenvalue weighted by molar-refractivity contribution is 6.34. The van der Waals surface area contributed by atoms with Crippen molar-refractivity contribution in [3.63, 3.8) is 0 Å². The van der Waals surface area contributed by atoms with Crippen LogP contribution in [-0.4, -0.2) is 39.6 Å². The summed E-state index contributed by atoms with van der Waals surface area (Å²) in [6.45, 7) is 8.53. The fraction of sp³-hybridized carbons (Fsp3) is 0.281. The second-order valence-corrected chi connectivity index (χ2v) is 11.0. The quantitative estimate of drug-likeness (QED) is 0.229. The lowest BCUT2D eigenvalue weighted by Gasteiger charge is -2.31. The molecule has 3 amide bonds. The molecule has 214 valence electrons. The van der Waals surface area contributed by atoms with E-state index in [9.17, 15) is 19.5 Å². The Morgan fingerprint density at radius 1 is 1.00 bits per heavy atom. The van der Waals surface area contributed by atoms with E-state index < -0.39 is 35.6 Å². The summed E-state index contributed by atoms with van der Waals surface area (Å²) >= 11 is 6.36. The van der Waals surface area contributed by atoms with Crippen LogP contribution >= 0.6 is 11.6 Å². The number of hydrogen-bond donors (Lipinski definition) is 3. The highest BCUT2D eigenvalue weighted by atomic mass is 35.5. The van der Waals surface area contributed by atoms with E-state index >= 15 is 0 Å². The number of aromatic hydroxyl groups is 1. The zero-order valence-electron chi connectivity index (χ0n) is 23.7. The van der Waals surface area contributed by atoms with Crippen LogP contribution in [0.5, 0.6) is 5.75 Å². The number of para-hydroxylation sites is 2. The largest absolute Gasteiger partial charge is 0.507 e. The van der Waals surface area contributed by atoms with Crippen molar-refractivity contribution in [3.8, 4) is 18.2 Å². The van der Waals surface area contributed by atoms with Gasteiger partial charge in [0.25, 0.3) is 11.8 Å². The summed E-state index contributed by atoms with van der Waals surface area (Å²) in [6.07, 6.45) is 5.12. The molecule has 3 aromatic rings. The summed E-state index contributed by atoms with van der Waals surface area (Å²) in [5.41, 5.74) is 1.53. The maximum absolute atomic E-state index is 14.1. The number of phenols is 1. The van der Waals surface area contributed by atoms with Gasteiger partial charge in [0.1, 0.15) is 17.4 Å². The SMILES string of the molecule is C#CN(C(=O)C(Cc1ccccc1)NC(=O)OC(C)(C)C)C(C(=O)Nc1c(C)cccc1Cl)c1cccc(C)c1O. The van der Waals surface area contributed by atoms with Crippen LogP contribution in [0.3, 0.4) is 0 Å². The first-order valence-corrected chi connectivity index (χ1v) is 13.4. The number of carbonyl (C=O) groups is 3. The molecular formula is C32H34ClN3O5. The van der Waals surface area contributed by atoms with Crippen LogP contribution in [0.15, 0.2) is 66.7 Å². The number of aryl methyl sites for hydroxylation is 2. The Morgan fingerprint density at radius 2 is 1.63 bits per heavy atom. The van der Waals surface area contributed by atoms with Crippen LogP contribution in [0, 0.1) is 26.3 Å². The van der Waals surface area contributed by atoms with Crippen molar-refractivity contribution in [2.45, 2.75) is 58.7 Å². The molecule has 41 heavy (non-hydrogen) atoms. The van der Waals surface area contributed by atoms with Crippen molar-refractivity contribution >= 4 is 35.2 Å². The molecule has 9 heteroatoms. The van der Waals surface area contributed by atoms with Crippen LogP contribution < -0.4 is 10.6 Å². The predicted molar refractivity (Wildman–Crippen MR) is 159 cm³/mol. The molecule has 8 nitrogen and oxygen atoms in total. The summed E-state index contributed by atoms with van der Waals surface area (Å²) in [5, 5.41) is 16.6. The molecule has 2 unspecified atom stereocenters. The Balaban J connectivity index is 2.08. The number of anilines is 1. The summed E-state index contributed by atoms with van der Waals surface area (Å²) in [4.78, 5) is 41.7. The highest BCUT2D eigenvalue weighted by Crippen LogP contribution is 2.34. The molecule has 0 saturated carbocycles. The van der Waals surface area contributed by atoms with Gasteiger partial charge < -0.3 is 20.5 Å². The average Bonchev–Trinajstić information content (AvgIpc) is 2.90. The van der Waals surface area contributed by atoms with Gasteiger partial charge in [-0.1, -0.05) is 78.7 Å². The van der Waals surface area contributed by atoms with Gasteiger partial charge in [0.15, 0.2) is 6.04 Å². The van der Waals surface area contributed by atoms with E-state index in [4.69, 9.17) is 22.8 Å². The molecule has 0 spiro atoms. The van der Waals surface area contributed by atoms with E-state index in [2.05, 4.69) is 16.7 Å². The van der Waals surface area contributed by atoms with E-state index in [1.807, 2.05) is 6.07 Å². The Hall–Kier alpha value is -4.48. The first kappa shape index (κ1) is 31.1. The predicted octanol–water partition coefficient (Wildman–Crippen LogP) is 5.90. The second-order valence-electron chi connectivity index (χ2n) is 10.6. The zero-order valence-corrected chi connectivity index (χ0v) is 24.5. The van der Waals surface area contributed by atoms with Crippen molar-refractivity contribution in [2.24, 2.45) is 0 Å². The van der Waals surface area contributed by atoms with Gasteiger partial charge in [-0.15, -0.1) is 0 Å².